The van der Waals surface area contributed by atoms with E-state index in [1.807, 2.05) is 31.2 Å². The molecule has 0 radical (unpaired) electrons. The monoisotopic (exact) mass is 493 g/mol. The molecule has 5 rings (SSSR count). The zero-order valence-corrected chi connectivity index (χ0v) is 20.9. The zero-order chi connectivity index (χ0) is 25.0. The third-order valence-corrected chi connectivity index (χ3v) is 7.12. The van der Waals surface area contributed by atoms with Crippen LogP contribution in [0.1, 0.15) is 45.4 Å². The molecule has 0 bridgehead atoms. The number of piperidine rings is 1. The van der Waals surface area contributed by atoms with Crippen LogP contribution in [0.5, 0.6) is 5.75 Å². The Hall–Kier alpha value is -3.24. The Balaban J connectivity index is 1.27. The normalized spacial score (nSPS) is 18.7. The van der Waals surface area contributed by atoms with E-state index >= 15 is 0 Å². The maximum absolute atomic E-state index is 12.6. The molecule has 4 heterocycles. The van der Waals surface area contributed by atoms with Crippen LogP contribution in [0.25, 0.3) is 10.9 Å². The molecule has 0 aliphatic carbocycles. The van der Waals surface area contributed by atoms with Gasteiger partial charge in [-0.15, -0.1) is 0 Å². The molecule has 3 N–H and O–H groups in total. The van der Waals surface area contributed by atoms with Crippen LogP contribution in [0.3, 0.4) is 0 Å². The third kappa shape index (κ3) is 5.93. The van der Waals surface area contributed by atoms with Crippen molar-refractivity contribution in [2.45, 2.75) is 51.0 Å². The number of anilines is 3. The standard InChI is InChI=1S/C26H35N7O3/c1-26(35)10-14-32(15-11-26)16-17-36-20-8-6-19(7-9-20)28-23-22-21(18-27-31-24(22)34)29-25(30-23)33-12-4-2-3-5-13-33/h6-9,18,35H,2-5,10-17H2,1H3,(H,31,34)(H,28,29,30). The number of hydrogen-bond donors (Lipinski definition) is 3. The summed E-state index contributed by atoms with van der Waals surface area (Å²) in [5.41, 5.74) is 0.467. The van der Waals surface area contributed by atoms with Gasteiger partial charge in [0.1, 0.15) is 29.1 Å². The van der Waals surface area contributed by atoms with Gasteiger partial charge in [-0.05, 0) is 56.9 Å². The average Bonchev–Trinajstić information content (AvgIpc) is 3.16. The third-order valence-electron chi connectivity index (χ3n) is 7.12. The lowest BCUT2D eigenvalue weighted by molar-refractivity contribution is -0.00768. The van der Waals surface area contributed by atoms with Gasteiger partial charge in [-0.25, -0.2) is 10.1 Å². The van der Waals surface area contributed by atoms with Gasteiger partial charge >= 0.3 is 0 Å². The van der Waals surface area contributed by atoms with Crippen molar-refractivity contribution in [3.63, 3.8) is 0 Å². The molecule has 0 saturated carbocycles. The highest BCUT2D eigenvalue weighted by molar-refractivity contribution is 5.90. The van der Waals surface area contributed by atoms with Gasteiger partial charge in [0.05, 0.1) is 11.8 Å². The van der Waals surface area contributed by atoms with Crippen molar-refractivity contribution in [3.05, 3.63) is 40.8 Å². The van der Waals surface area contributed by atoms with Gasteiger partial charge in [-0.2, -0.15) is 10.1 Å². The summed E-state index contributed by atoms with van der Waals surface area (Å²) in [5, 5.41) is 20.2. The maximum Gasteiger partial charge on any atom is 0.277 e. The Kier molecular flexibility index (Phi) is 7.33. The number of nitrogens with one attached hydrogen (secondary N) is 2. The van der Waals surface area contributed by atoms with Gasteiger partial charge in [-0.1, -0.05) is 12.8 Å². The number of H-pyrrole nitrogens is 1. The van der Waals surface area contributed by atoms with Crippen LogP contribution in [-0.2, 0) is 0 Å². The first-order valence-corrected chi connectivity index (χ1v) is 12.9. The lowest BCUT2D eigenvalue weighted by Gasteiger charge is -2.35. The predicted octanol–water partition coefficient (Wildman–Crippen LogP) is 3.06. The van der Waals surface area contributed by atoms with Gasteiger partial charge in [0, 0.05) is 38.4 Å². The minimum Gasteiger partial charge on any atom is -0.492 e. The Morgan fingerprint density at radius 1 is 1.06 bits per heavy atom. The van der Waals surface area contributed by atoms with Crippen LogP contribution in [-0.4, -0.2) is 75.1 Å². The number of likely N-dealkylation sites (tertiary alicyclic amines) is 1. The van der Waals surface area contributed by atoms with Crippen molar-refractivity contribution in [1.29, 1.82) is 0 Å². The van der Waals surface area contributed by atoms with Crippen LogP contribution in [0, 0.1) is 0 Å². The van der Waals surface area contributed by atoms with Gasteiger partial charge in [0.15, 0.2) is 0 Å². The number of aromatic nitrogens is 4. The second kappa shape index (κ2) is 10.8. The second-order valence-corrected chi connectivity index (χ2v) is 10.1. The molecule has 2 saturated heterocycles. The van der Waals surface area contributed by atoms with E-state index in [0.717, 1.165) is 69.8 Å². The second-order valence-electron chi connectivity index (χ2n) is 10.1. The van der Waals surface area contributed by atoms with Crippen molar-refractivity contribution in [2.75, 3.05) is 49.5 Å². The molecule has 192 valence electrons. The fourth-order valence-corrected chi connectivity index (χ4v) is 4.82. The summed E-state index contributed by atoms with van der Waals surface area (Å²) >= 11 is 0. The number of ether oxygens (including phenoxy) is 1. The highest BCUT2D eigenvalue weighted by Gasteiger charge is 2.27. The number of aromatic amines is 1. The number of aliphatic hydroxyl groups is 1. The minimum absolute atomic E-state index is 0.323. The van der Waals surface area contributed by atoms with Crippen molar-refractivity contribution >= 4 is 28.4 Å². The number of benzene rings is 1. The summed E-state index contributed by atoms with van der Waals surface area (Å²) in [4.78, 5) is 26.5. The minimum atomic E-state index is -0.537. The van der Waals surface area contributed by atoms with E-state index in [-0.39, 0.29) is 5.56 Å². The number of hydrogen-bond acceptors (Lipinski definition) is 9. The Morgan fingerprint density at radius 3 is 2.50 bits per heavy atom. The van der Waals surface area contributed by atoms with Crippen molar-refractivity contribution in [1.82, 2.24) is 25.1 Å². The zero-order valence-electron chi connectivity index (χ0n) is 20.9. The van der Waals surface area contributed by atoms with E-state index in [2.05, 4.69) is 30.3 Å². The largest absolute Gasteiger partial charge is 0.492 e. The molecule has 3 aromatic rings. The topological polar surface area (TPSA) is 120 Å². The summed E-state index contributed by atoms with van der Waals surface area (Å²) < 4.78 is 5.94. The number of rotatable bonds is 7. The highest BCUT2D eigenvalue weighted by Crippen LogP contribution is 2.26. The molecule has 10 nitrogen and oxygen atoms in total. The smallest absolute Gasteiger partial charge is 0.277 e. The first-order chi connectivity index (χ1) is 17.5. The molecule has 2 aromatic heterocycles. The van der Waals surface area contributed by atoms with Gasteiger partial charge in [0.25, 0.3) is 5.56 Å². The molecule has 0 unspecified atom stereocenters. The van der Waals surface area contributed by atoms with Gasteiger partial charge in [-0.3, -0.25) is 9.69 Å². The molecule has 36 heavy (non-hydrogen) atoms. The Morgan fingerprint density at radius 2 is 1.78 bits per heavy atom. The fraction of sp³-hybridized carbons (Fsp3) is 0.538. The number of nitrogens with zero attached hydrogens (tertiary/aromatic N) is 5. The summed E-state index contributed by atoms with van der Waals surface area (Å²) in [6.07, 6.45) is 7.81. The molecule has 2 aliphatic heterocycles. The molecule has 0 atom stereocenters. The van der Waals surface area contributed by atoms with Crippen molar-refractivity contribution in [2.24, 2.45) is 0 Å². The first-order valence-electron chi connectivity index (χ1n) is 12.9. The van der Waals surface area contributed by atoms with Crippen molar-refractivity contribution in [3.8, 4) is 5.75 Å². The Bertz CT molecular complexity index is 1210. The summed E-state index contributed by atoms with van der Waals surface area (Å²) in [5.74, 6) is 1.88. The molecule has 10 heteroatoms. The van der Waals surface area contributed by atoms with Crippen molar-refractivity contribution < 1.29 is 9.84 Å². The van der Waals surface area contributed by atoms with Gasteiger partial charge < -0.3 is 20.1 Å². The van der Waals surface area contributed by atoms with Crippen LogP contribution in [0.2, 0.25) is 0 Å². The van der Waals surface area contributed by atoms with E-state index in [4.69, 9.17) is 9.72 Å². The Labute approximate surface area is 210 Å². The fourth-order valence-electron chi connectivity index (χ4n) is 4.82. The van der Waals surface area contributed by atoms with Crippen LogP contribution in [0.4, 0.5) is 17.5 Å². The molecule has 0 spiro atoms. The summed E-state index contributed by atoms with van der Waals surface area (Å²) in [7, 11) is 0. The van der Waals surface area contributed by atoms with Crippen LogP contribution in [0.15, 0.2) is 35.3 Å². The predicted molar refractivity (Wildman–Crippen MR) is 140 cm³/mol. The molecule has 2 fully saturated rings. The highest BCUT2D eigenvalue weighted by atomic mass is 16.5. The van der Waals surface area contributed by atoms with E-state index in [1.54, 1.807) is 6.20 Å². The van der Waals surface area contributed by atoms with Crippen LogP contribution >= 0.6 is 0 Å². The summed E-state index contributed by atoms with van der Waals surface area (Å²) in [6, 6.07) is 7.66. The van der Waals surface area contributed by atoms with Crippen LogP contribution < -0.4 is 20.5 Å². The van der Waals surface area contributed by atoms with E-state index in [1.165, 1.54) is 12.8 Å². The van der Waals surface area contributed by atoms with E-state index in [9.17, 15) is 9.90 Å². The lowest BCUT2D eigenvalue weighted by atomic mass is 9.94. The molecule has 0 amide bonds. The SMILES string of the molecule is CC1(O)CCN(CCOc2ccc(Nc3nc(N4CCCCCC4)nc4cn[nH]c(=O)c34)cc2)CC1. The molecule has 2 aliphatic rings. The summed E-state index contributed by atoms with van der Waals surface area (Å²) in [6.45, 7) is 6.92. The molecular formula is C26H35N7O3. The van der Waals surface area contributed by atoms with E-state index < -0.39 is 5.60 Å². The van der Waals surface area contributed by atoms with Gasteiger partial charge in [0.2, 0.25) is 5.95 Å². The van der Waals surface area contributed by atoms with E-state index in [0.29, 0.717) is 29.3 Å². The average molecular weight is 494 g/mol. The quantitative estimate of drug-likeness (QED) is 0.456. The lowest BCUT2D eigenvalue weighted by Crippen LogP contribution is -2.43. The first kappa shape index (κ1) is 24.5. The molecular weight excluding hydrogens is 458 g/mol. The number of fused-ring (bicyclic) bond motifs is 1. The molecule has 1 aromatic carbocycles. The maximum atomic E-state index is 12.6.